The number of nitrogens with one attached hydrogen (secondary N) is 1. The predicted octanol–water partition coefficient (Wildman–Crippen LogP) is 2.20. The summed E-state index contributed by atoms with van der Waals surface area (Å²) in [6, 6.07) is 0.820. The van der Waals surface area contributed by atoms with Gasteiger partial charge >= 0.3 is 0 Å². The van der Waals surface area contributed by atoms with E-state index in [0.717, 1.165) is 12.0 Å². The minimum atomic E-state index is 0.820. The second-order valence-corrected chi connectivity index (χ2v) is 6.33. The van der Waals surface area contributed by atoms with Gasteiger partial charge in [-0.25, -0.2) is 0 Å². The third kappa shape index (κ3) is 3.94. The van der Waals surface area contributed by atoms with Gasteiger partial charge in [0.05, 0.1) is 0 Å². The first-order valence-corrected chi connectivity index (χ1v) is 8.07. The van der Waals surface area contributed by atoms with Crippen LogP contribution in [-0.4, -0.2) is 48.6 Å². The van der Waals surface area contributed by atoms with Crippen molar-refractivity contribution in [2.75, 3.05) is 37.7 Å². The molecule has 0 radical (unpaired) electrons. The Morgan fingerprint density at radius 1 is 1.25 bits per heavy atom. The molecule has 1 atom stereocenters. The molecule has 2 aliphatic heterocycles. The zero-order valence-corrected chi connectivity index (χ0v) is 11.4. The van der Waals surface area contributed by atoms with E-state index in [1.807, 2.05) is 0 Å². The highest BCUT2D eigenvalue weighted by molar-refractivity contribution is 7.99. The van der Waals surface area contributed by atoms with Gasteiger partial charge in [-0.1, -0.05) is 6.92 Å². The molecule has 0 saturated carbocycles. The van der Waals surface area contributed by atoms with Gasteiger partial charge in [0.25, 0.3) is 0 Å². The van der Waals surface area contributed by atoms with Gasteiger partial charge in [0.15, 0.2) is 0 Å². The molecule has 2 saturated heterocycles. The zero-order valence-electron chi connectivity index (χ0n) is 10.6. The Balaban J connectivity index is 1.53. The minimum absolute atomic E-state index is 0.820. The summed E-state index contributed by atoms with van der Waals surface area (Å²) in [7, 11) is 0. The first-order chi connectivity index (χ1) is 7.88. The van der Waals surface area contributed by atoms with Crippen molar-refractivity contribution in [2.45, 2.75) is 38.6 Å². The summed E-state index contributed by atoms with van der Waals surface area (Å²) in [5.74, 6) is 3.70. The lowest BCUT2D eigenvalue weighted by molar-refractivity contribution is 0.186. The normalized spacial score (nSPS) is 28.7. The van der Waals surface area contributed by atoms with E-state index in [2.05, 4.69) is 28.9 Å². The molecular weight excluding hydrogens is 216 g/mol. The largest absolute Gasteiger partial charge is 0.313 e. The summed E-state index contributed by atoms with van der Waals surface area (Å²) >= 11 is 2.10. The van der Waals surface area contributed by atoms with Crippen molar-refractivity contribution >= 4 is 11.8 Å². The van der Waals surface area contributed by atoms with Crippen LogP contribution in [0.3, 0.4) is 0 Å². The molecule has 0 spiro atoms. The van der Waals surface area contributed by atoms with Crippen LogP contribution in [0.2, 0.25) is 0 Å². The highest BCUT2D eigenvalue weighted by Crippen LogP contribution is 2.21. The summed E-state index contributed by atoms with van der Waals surface area (Å²) in [5, 5.41) is 3.72. The Morgan fingerprint density at radius 2 is 2.06 bits per heavy atom. The smallest absolute Gasteiger partial charge is 0.0166 e. The topological polar surface area (TPSA) is 15.3 Å². The minimum Gasteiger partial charge on any atom is -0.313 e. The standard InChI is InChI=1S/C13H26N2S/c1-2-15-8-4-12(5-9-15)3-7-14-13-6-10-16-11-13/h12-14H,2-11H2,1H3. The van der Waals surface area contributed by atoms with Crippen LogP contribution in [0.15, 0.2) is 0 Å². The fourth-order valence-corrected chi connectivity index (χ4v) is 3.97. The van der Waals surface area contributed by atoms with Crippen molar-refractivity contribution in [1.82, 2.24) is 10.2 Å². The number of hydrogen-bond donors (Lipinski definition) is 1. The molecule has 1 unspecified atom stereocenters. The third-order valence-electron chi connectivity index (χ3n) is 4.07. The molecule has 0 amide bonds. The molecule has 2 fully saturated rings. The Morgan fingerprint density at radius 3 is 2.69 bits per heavy atom. The van der Waals surface area contributed by atoms with Gasteiger partial charge < -0.3 is 10.2 Å². The van der Waals surface area contributed by atoms with Crippen molar-refractivity contribution in [3.63, 3.8) is 0 Å². The molecule has 2 rings (SSSR count). The maximum atomic E-state index is 3.72. The summed E-state index contributed by atoms with van der Waals surface area (Å²) in [6.45, 7) is 7.44. The molecule has 2 heterocycles. The van der Waals surface area contributed by atoms with Gasteiger partial charge in [-0.05, 0) is 63.5 Å². The van der Waals surface area contributed by atoms with Crippen molar-refractivity contribution in [3.05, 3.63) is 0 Å². The van der Waals surface area contributed by atoms with Crippen LogP contribution in [0.25, 0.3) is 0 Å². The van der Waals surface area contributed by atoms with E-state index < -0.39 is 0 Å². The van der Waals surface area contributed by atoms with E-state index in [1.54, 1.807) is 0 Å². The Kier molecular flexibility index (Phi) is 5.46. The van der Waals surface area contributed by atoms with Gasteiger partial charge in [0.2, 0.25) is 0 Å². The van der Waals surface area contributed by atoms with Crippen LogP contribution >= 0.6 is 11.8 Å². The molecule has 3 heteroatoms. The Bertz CT molecular complexity index is 184. The van der Waals surface area contributed by atoms with Crippen molar-refractivity contribution in [3.8, 4) is 0 Å². The van der Waals surface area contributed by atoms with E-state index in [-0.39, 0.29) is 0 Å². The summed E-state index contributed by atoms with van der Waals surface area (Å²) < 4.78 is 0. The summed E-state index contributed by atoms with van der Waals surface area (Å²) in [4.78, 5) is 2.58. The maximum absolute atomic E-state index is 3.72. The lowest BCUT2D eigenvalue weighted by Gasteiger charge is -2.31. The quantitative estimate of drug-likeness (QED) is 0.796. The monoisotopic (exact) mass is 242 g/mol. The van der Waals surface area contributed by atoms with Crippen molar-refractivity contribution in [1.29, 1.82) is 0 Å². The van der Waals surface area contributed by atoms with Gasteiger partial charge in [0, 0.05) is 11.8 Å². The van der Waals surface area contributed by atoms with Gasteiger partial charge in [-0.3, -0.25) is 0 Å². The molecule has 16 heavy (non-hydrogen) atoms. The van der Waals surface area contributed by atoms with Crippen LogP contribution in [0.5, 0.6) is 0 Å². The highest BCUT2D eigenvalue weighted by atomic mass is 32.2. The van der Waals surface area contributed by atoms with Crippen LogP contribution in [0.4, 0.5) is 0 Å². The molecule has 0 aromatic carbocycles. The van der Waals surface area contributed by atoms with E-state index >= 15 is 0 Å². The molecule has 1 N–H and O–H groups in total. The van der Waals surface area contributed by atoms with E-state index in [1.165, 1.54) is 63.4 Å². The average Bonchev–Trinajstić information content (AvgIpc) is 2.83. The Hall–Kier alpha value is 0.270. The first kappa shape index (κ1) is 12.7. The molecule has 2 aliphatic rings. The summed E-state index contributed by atoms with van der Waals surface area (Å²) in [6.07, 6.45) is 5.64. The molecule has 0 aromatic rings. The van der Waals surface area contributed by atoms with E-state index in [0.29, 0.717) is 0 Å². The number of nitrogens with zero attached hydrogens (tertiary/aromatic N) is 1. The third-order valence-corrected chi connectivity index (χ3v) is 5.23. The molecule has 94 valence electrons. The van der Waals surface area contributed by atoms with Crippen LogP contribution in [-0.2, 0) is 0 Å². The zero-order chi connectivity index (χ0) is 11.2. The average molecular weight is 242 g/mol. The number of thioether (sulfide) groups is 1. The van der Waals surface area contributed by atoms with E-state index in [9.17, 15) is 0 Å². The van der Waals surface area contributed by atoms with Crippen LogP contribution in [0.1, 0.15) is 32.6 Å². The Labute approximate surface area is 105 Å². The highest BCUT2D eigenvalue weighted by Gasteiger charge is 2.19. The lowest BCUT2D eigenvalue weighted by Crippen LogP contribution is -2.35. The second kappa shape index (κ2) is 6.87. The molecule has 0 bridgehead atoms. The number of rotatable bonds is 5. The fraction of sp³-hybridized carbons (Fsp3) is 1.00. The van der Waals surface area contributed by atoms with Crippen LogP contribution < -0.4 is 5.32 Å². The predicted molar refractivity (Wildman–Crippen MR) is 73.2 cm³/mol. The van der Waals surface area contributed by atoms with Crippen LogP contribution in [0, 0.1) is 5.92 Å². The van der Waals surface area contributed by atoms with Gasteiger partial charge in [-0.2, -0.15) is 11.8 Å². The maximum Gasteiger partial charge on any atom is 0.0166 e. The van der Waals surface area contributed by atoms with Crippen molar-refractivity contribution in [2.24, 2.45) is 5.92 Å². The van der Waals surface area contributed by atoms with E-state index in [4.69, 9.17) is 0 Å². The molecule has 2 nitrogen and oxygen atoms in total. The van der Waals surface area contributed by atoms with Gasteiger partial charge in [0.1, 0.15) is 0 Å². The number of hydrogen-bond acceptors (Lipinski definition) is 3. The molecule has 0 aromatic heterocycles. The SMILES string of the molecule is CCN1CCC(CCNC2CCSC2)CC1. The number of piperidine rings is 1. The second-order valence-electron chi connectivity index (χ2n) is 5.18. The molecule has 0 aliphatic carbocycles. The first-order valence-electron chi connectivity index (χ1n) is 6.92. The van der Waals surface area contributed by atoms with Gasteiger partial charge in [-0.15, -0.1) is 0 Å². The lowest BCUT2D eigenvalue weighted by atomic mass is 9.93. The fourth-order valence-electron chi connectivity index (χ4n) is 2.78. The number of likely N-dealkylation sites (tertiary alicyclic amines) is 1. The molecular formula is C13H26N2S. The van der Waals surface area contributed by atoms with Crippen molar-refractivity contribution < 1.29 is 0 Å². The summed E-state index contributed by atoms with van der Waals surface area (Å²) in [5.41, 5.74) is 0.